The van der Waals surface area contributed by atoms with Crippen LogP contribution in [0.1, 0.15) is 56.7 Å². The molecule has 34 heavy (non-hydrogen) atoms. The van der Waals surface area contributed by atoms with E-state index in [1.54, 1.807) is 47.6 Å². The lowest BCUT2D eigenvalue weighted by molar-refractivity contribution is -0.121. The number of carbonyl (C=O) groups is 2. The second-order valence-corrected chi connectivity index (χ2v) is 10.9. The lowest BCUT2D eigenvalue weighted by Gasteiger charge is -2.18. The fourth-order valence-electron chi connectivity index (χ4n) is 3.20. The van der Waals surface area contributed by atoms with E-state index in [1.165, 1.54) is 7.11 Å². The maximum absolute atomic E-state index is 14.0. The van der Waals surface area contributed by atoms with Crippen LogP contribution in [0.15, 0.2) is 16.1 Å². The molecule has 0 spiro atoms. The minimum absolute atomic E-state index is 0.0394. The highest BCUT2D eigenvalue weighted by Gasteiger charge is 2.23. The van der Waals surface area contributed by atoms with E-state index in [-0.39, 0.29) is 35.0 Å². The Morgan fingerprint density at radius 3 is 2.35 bits per heavy atom. The fraction of sp³-hybridized carbons (Fsp3) is 0.591. The van der Waals surface area contributed by atoms with Gasteiger partial charge in [0.05, 0.1) is 17.8 Å². The van der Waals surface area contributed by atoms with Crippen LogP contribution in [0.4, 0.5) is 9.28 Å². The van der Waals surface area contributed by atoms with Crippen molar-refractivity contribution >= 4 is 27.7 Å². The van der Waals surface area contributed by atoms with Gasteiger partial charge in [-0.05, 0) is 77.1 Å². The monoisotopic (exact) mass is 502 g/mol. The zero-order valence-electron chi connectivity index (χ0n) is 20.8. The molecule has 0 saturated carbocycles. The lowest BCUT2D eigenvalue weighted by atomic mass is 10.1. The molecule has 0 saturated heterocycles. The number of hydrogen-bond donors (Lipinski definition) is 2. The van der Waals surface area contributed by atoms with Gasteiger partial charge in [-0.2, -0.15) is 5.12 Å². The minimum Gasteiger partial charge on any atom is -0.496 e. The smallest absolute Gasteiger partial charge is 0.428 e. The number of rotatable bonds is 10. The van der Waals surface area contributed by atoms with E-state index in [4.69, 9.17) is 15.2 Å². The molecule has 0 aliphatic rings. The number of nitrogens with one attached hydrogen (secondary N) is 1. The van der Waals surface area contributed by atoms with Crippen LogP contribution in [0.3, 0.4) is 0 Å². The summed E-state index contributed by atoms with van der Waals surface area (Å²) in [6.45, 7) is 9.49. The van der Waals surface area contributed by atoms with Gasteiger partial charge in [-0.15, -0.1) is 5.10 Å². The van der Waals surface area contributed by atoms with Gasteiger partial charge in [-0.25, -0.2) is 18.6 Å². The van der Waals surface area contributed by atoms with E-state index in [2.05, 4.69) is 5.10 Å². The van der Waals surface area contributed by atoms with Crippen molar-refractivity contribution in [2.45, 2.75) is 71.3 Å². The zero-order valence-corrected chi connectivity index (χ0v) is 21.6. The van der Waals surface area contributed by atoms with E-state index in [9.17, 15) is 22.5 Å². The highest BCUT2D eigenvalue weighted by Crippen LogP contribution is 2.31. The van der Waals surface area contributed by atoms with Crippen molar-refractivity contribution in [3.63, 3.8) is 0 Å². The van der Waals surface area contributed by atoms with Gasteiger partial charge in [0.2, 0.25) is 5.96 Å². The molecular weight excluding hydrogens is 467 g/mol. The molecule has 0 radical (unpaired) electrons. The third kappa shape index (κ3) is 8.81. The first-order valence-electron chi connectivity index (χ1n) is 10.7. The summed E-state index contributed by atoms with van der Waals surface area (Å²) in [4.78, 5) is 23.8. The first kappa shape index (κ1) is 29.1. The molecule has 1 amide bonds. The van der Waals surface area contributed by atoms with Crippen LogP contribution in [0, 0.1) is 20.8 Å². The molecule has 0 fully saturated rings. The summed E-state index contributed by atoms with van der Waals surface area (Å²) < 4.78 is 50.0. The number of nitrogens with zero attached hydrogens (tertiary/aromatic N) is 2. The number of carbonyl (C=O) groups excluding carboxylic acids is 2. The summed E-state index contributed by atoms with van der Waals surface area (Å²) in [7, 11) is -2.04. The van der Waals surface area contributed by atoms with Crippen molar-refractivity contribution in [1.82, 2.24) is 10.5 Å². The van der Waals surface area contributed by atoms with Gasteiger partial charge in [0.1, 0.15) is 17.9 Å². The quantitative estimate of drug-likeness (QED) is 0.164. The van der Waals surface area contributed by atoms with Crippen molar-refractivity contribution in [1.29, 1.82) is 0 Å². The summed E-state index contributed by atoms with van der Waals surface area (Å²) in [6.07, 6.45) is -0.475. The standard InChI is InChI=1S/C22H35FN4O6S/c1-14-12-18(32-7)15(2)16(3)19(14)34(30,31)11-9-8-10-17(28)13-27(23)20(24)25-26-21(29)33-22(4,5)6/h12H,8-11,13H2,1-7H3,(H2,24,25)(H,26,29). The number of amides is 1. The molecule has 0 aliphatic carbocycles. The number of ether oxygens (including phenoxy) is 2. The van der Waals surface area contributed by atoms with Gasteiger partial charge < -0.3 is 15.2 Å². The predicted molar refractivity (Wildman–Crippen MR) is 127 cm³/mol. The molecule has 1 aromatic carbocycles. The molecule has 0 aromatic heterocycles. The lowest BCUT2D eigenvalue weighted by Crippen LogP contribution is -2.38. The summed E-state index contributed by atoms with van der Waals surface area (Å²) in [5, 5.41) is 3.23. The minimum atomic E-state index is -3.57. The highest BCUT2D eigenvalue weighted by molar-refractivity contribution is 7.91. The molecule has 0 heterocycles. The Labute approximate surface area is 200 Å². The molecule has 0 atom stereocenters. The average molecular weight is 503 g/mol. The number of hydrazone groups is 1. The number of ketones is 1. The van der Waals surface area contributed by atoms with E-state index in [0.29, 0.717) is 16.9 Å². The molecular formula is C22H35FN4O6S. The molecule has 0 bridgehead atoms. The molecule has 3 N–H and O–H groups in total. The van der Waals surface area contributed by atoms with Gasteiger partial charge in [0, 0.05) is 6.42 Å². The predicted octanol–water partition coefficient (Wildman–Crippen LogP) is 3.07. The SMILES string of the molecule is COc1cc(C)c(S(=O)(=O)CCCCC(=O)CN(F)/C(N)=N/NC(=O)OC(C)(C)C)c(C)c1C. The number of unbranched alkanes of at least 4 members (excludes halogenated alkanes) is 1. The summed E-state index contributed by atoms with van der Waals surface area (Å²) in [5.41, 5.74) is 8.56. The number of methoxy groups -OCH3 is 1. The van der Waals surface area contributed by atoms with Crippen LogP contribution in [0.2, 0.25) is 0 Å². The normalized spacial score (nSPS) is 12.3. The average Bonchev–Trinajstić information content (AvgIpc) is 2.70. The van der Waals surface area contributed by atoms with Gasteiger partial charge in [-0.3, -0.25) is 4.79 Å². The molecule has 0 aliphatic heterocycles. The topological polar surface area (TPSA) is 140 Å². The second-order valence-electron chi connectivity index (χ2n) is 8.89. The van der Waals surface area contributed by atoms with E-state index in [0.717, 1.165) is 5.56 Å². The van der Waals surface area contributed by atoms with Crippen molar-refractivity contribution in [3.8, 4) is 5.75 Å². The molecule has 10 nitrogen and oxygen atoms in total. The molecule has 1 aromatic rings. The van der Waals surface area contributed by atoms with Crippen LogP contribution in [-0.2, 0) is 19.4 Å². The van der Waals surface area contributed by atoms with Crippen LogP contribution in [0.5, 0.6) is 5.75 Å². The number of aryl methyl sites for hydroxylation is 1. The Balaban J connectivity index is 2.58. The number of guanidine groups is 1. The number of hydrogen-bond acceptors (Lipinski definition) is 7. The summed E-state index contributed by atoms with van der Waals surface area (Å²) in [5.74, 6) is -0.735. The molecule has 1 rings (SSSR count). The Kier molecular flexibility index (Phi) is 10.3. The number of benzene rings is 1. The Morgan fingerprint density at radius 2 is 1.79 bits per heavy atom. The number of nitrogens with two attached hydrogens (primary N) is 1. The van der Waals surface area contributed by atoms with E-state index < -0.39 is 39.8 Å². The second kappa shape index (κ2) is 12.0. The Bertz CT molecular complexity index is 1030. The summed E-state index contributed by atoms with van der Waals surface area (Å²) >= 11 is 0. The van der Waals surface area contributed by atoms with Gasteiger partial charge in [0.15, 0.2) is 15.6 Å². The van der Waals surface area contributed by atoms with Crippen molar-refractivity contribution in [3.05, 3.63) is 22.8 Å². The molecule has 12 heteroatoms. The first-order valence-corrected chi connectivity index (χ1v) is 12.4. The first-order chi connectivity index (χ1) is 15.6. The van der Waals surface area contributed by atoms with Crippen LogP contribution in [-0.4, -0.2) is 56.4 Å². The van der Waals surface area contributed by atoms with Crippen molar-refractivity contribution in [2.24, 2.45) is 10.8 Å². The van der Waals surface area contributed by atoms with Gasteiger partial charge in [-0.1, -0.05) is 4.48 Å². The van der Waals surface area contributed by atoms with Gasteiger partial charge >= 0.3 is 6.09 Å². The number of halogens is 1. The zero-order chi connectivity index (χ0) is 26.3. The van der Waals surface area contributed by atoms with Crippen LogP contribution in [0.25, 0.3) is 0 Å². The highest BCUT2D eigenvalue weighted by atomic mass is 32.2. The summed E-state index contributed by atoms with van der Waals surface area (Å²) in [6, 6.07) is 1.69. The third-order valence-corrected chi connectivity index (χ3v) is 6.93. The Morgan fingerprint density at radius 1 is 1.18 bits per heavy atom. The Hall–Kier alpha value is -2.89. The van der Waals surface area contributed by atoms with Crippen LogP contribution < -0.4 is 15.9 Å². The van der Waals surface area contributed by atoms with Crippen molar-refractivity contribution < 1.29 is 32.0 Å². The van der Waals surface area contributed by atoms with E-state index >= 15 is 0 Å². The van der Waals surface area contributed by atoms with Crippen LogP contribution >= 0.6 is 0 Å². The molecule has 0 unspecified atom stereocenters. The maximum atomic E-state index is 14.0. The number of Topliss-reactive ketones (excluding diaryl/α,β-unsaturated/α-hetero) is 1. The number of sulfone groups is 1. The third-order valence-electron chi connectivity index (χ3n) is 4.85. The van der Waals surface area contributed by atoms with E-state index in [1.807, 2.05) is 5.43 Å². The van der Waals surface area contributed by atoms with Gasteiger partial charge in [0.25, 0.3) is 0 Å². The maximum Gasteiger partial charge on any atom is 0.428 e. The van der Waals surface area contributed by atoms with Crippen molar-refractivity contribution in [2.75, 3.05) is 19.4 Å². The fourth-order valence-corrected chi connectivity index (χ4v) is 5.16. The molecule has 192 valence electrons. The largest absolute Gasteiger partial charge is 0.496 e.